The van der Waals surface area contributed by atoms with E-state index in [-0.39, 0.29) is 25.5 Å². The van der Waals surface area contributed by atoms with E-state index in [4.69, 9.17) is 4.74 Å². The van der Waals surface area contributed by atoms with Crippen LogP contribution in [0.5, 0.6) is 0 Å². The molecule has 0 atom stereocenters. The van der Waals surface area contributed by atoms with Crippen LogP contribution in [0, 0.1) is 0 Å². The third-order valence-corrected chi connectivity index (χ3v) is 6.45. The molecular weight excluding hydrogens is 364 g/mol. The number of ether oxygens (including phenoxy) is 1. The van der Waals surface area contributed by atoms with E-state index in [1.807, 2.05) is 29.6 Å². The van der Waals surface area contributed by atoms with Crippen LogP contribution in [0.15, 0.2) is 29.6 Å². The number of hydrogen-bond donors (Lipinski definition) is 1. The molecule has 6 nitrogen and oxygen atoms in total. The molecular formula is C20H22N2O4S. The van der Waals surface area contributed by atoms with Crippen LogP contribution in [-0.4, -0.2) is 34.9 Å². The summed E-state index contributed by atoms with van der Waals surface area (Å²) in [5.41, 5.74) is 0.231. The number of urea groups is 1. The maximum absolute atomic E-state index is 12.7. The SMILES string of the molecule is O=C(CCN1C(=O)NC2(CCCCC2)C1=O)OCc1csc2ccccc12. The van der Waals surface area contributed by atoms with Gasteiger partial charge in [-0.3, -0.25) is 14.5 Å². The van der Waals surface area contributed by atoms with E-state index in [2.05, 4.69) is 5.32 Å². The van der Waals surface area contributed by atoms with Gasteiger partial charge in [0.05, 0.1) is 6.42 Å². The Hall–Kier alpha value is -2.41. The van der Waals surface area contributed by atoms with Crippen molar-refractivity contribution in [1.29, 1.82) is 0 Å². The van der Waals surface area contributed by atoms with Gasteiger partial charge in [-0.2, -0.15) is 0 Å². The van der Waals surface area contributed by atoms with Gasteiger partial charge in [-0.05, 0) is 29.7 Å². The van der Waals surface area contributed by atoms with Gasteiger partial charge in [0.15, 0.2) is 0 Å². The number of imide groups is 1. The molecule has 0 bridgehead atoms. The Kier molecular flexibility index (Phi) is 4.86. The lowest BCUT2D eigenvalue weighted by Crippen LogP contribution is -2.48. The fourth-order valence-corrected chi connectivity index (χ4v) is 4.90. The number of carbonyl (C=O) groups is 3. The van der Waals surface area contributed by atoms with Gasteiger partial charge in [-0.25, -0.2) is 4.79 Å². The highest BCUT2D eigenvalue weighted by Gasteiger charge is 2.51. The highest BCUT2D eigenvalue weighted by Crippen LogP contribution is 2.33. The Balaban J connectivity index is 1.31. The van der Waals surface area contributed by atoms with Crippen molar-refractivity contribution in [3.05, 3.63) is 35.2 Å². The van der Waals surface area contributed by atoms with E-state index < -0.39 is 17.5 Å². The number of nitrogens with zero attached hydrogens (tertiary/aromatic N) is 1. The lowest BCUT2D eigenvalue weighted by molar-refractivity contribution is -0.145. The molecule has 1 N–H and O–H groups in total. The fraction of sp³-hybridized carbons (Fsp3) is 0.450. The van der Waals surface area contributed by atoms with Crippen molar-refractivity contribution < 1.29 is 19.1 Å². The van der Waals surface area contributed by atoms with Crippen LogP contribution in [0.4, 0.5) is 4.79 Å². The van der Waals surface area contributed by atoms with E-state index in [1.165, 1.54) is 4.90 Å². The minimum absolute atomic E-state index is 0.0112. The third-order valence-electron chi connectivity index (χ3n) is 5.44. The maximum Gasteiger partial charge on any atom is 0.325 e. The van der Waals surface area contributed by atoms with Gasteiger partial charge < -0.3 is 10.1 Å². The van der Waals surface area contributed by atoms with E-state index in [9.17, 15) is 14.4 Å². The minimum Gasteiger partial charge on any atom is -0.461 e. The highest BCUT2D eigenvalue weighted by atomic mass is 32.1. The standard InChI is InChI=1S/C20H22N2O4S/c23-17(26-12-14-13-27-16-7-3-2-6-15(14)16)8-11-22-18(24)20(21-19(22)25)9-4-1-5-10-20/h2-3,6-7,13H,1,4-5,8-12H2,(H,21,25). The number of thiophene rings is 1. The van der Waals surface area contributed by atoms with Gasteiger partial charge in [0.1, 0.15) is 12.1 Å². The molecule has 7 heteroatoms. The zero-order chi connectivity index (χ0) is 18.9. The van der Waals surface area contributed by atoms with Crippen LogP contribution in [0.2, 0.25) is 0 Å². The Morgan fingerprint density at radius 2 is 1.96 bits per heavy atom. The molecule has 1 aliphatic carbocycles. The molecule has 3 amide bonds. The summed E-state index contributed by atoms with van der Waals surface area (Å²) in [6.45, 7) is 0.266. The topological polar surface area (TPSA) is 75.7 Å². The summed E-state index contributed by atoms with van der Waals surface area (Å²) >= 11 is 1.62. The van der Waals surface area contributed by atoms with Gasteiger partial charge >= 0.3 is 12.0 Å². The molecule has 27 heavy (non-hydrogen) atoms. The van der Waals surface area contributed by atoms with Gasteiger partial charge in [-0.15, -0.1) is 11.3 Å². The predicted molar refractivity (Wildman–Crippen MR) is 102 cm³/mol. The molecule has 2 heterocycles. The van der Waals surface area contributed by atoms with Crippen LogP contribution in [-0.2, 0) is 20.9 Å². The van der Waals surface area contributed by atoms with Crippen molar-refractivity contribution in [2.45, 2.75) is 50.7 Å². The van der Waals surface area contributed by atoms with Crippen molar-refractivity contribution in [3.63, 3.8) is 0 Å². The Morgan fingerprint density at radius 3 is 2.78 bits per heavy atom. The number of carbonyl (C=O) groups excluding carboxylic acids is 3. The number of rotatable bonds is 5. The largest absolute Gasteiger partial charge is 0.461 e. The first kappa shape index (κ1) is 18.0. The number of nitrogens with one attached hydrogen (secondary N) is 1. The van der Waals surface area contributed by atoms with Crippen LogP contribution >= 0.6 is 11.3 Å². The smallest absolute Gasteiger partial charge is 0.325 e. The van der Waals surface area contributed by atoms with E-state index in [0.717, 1.165) is 34.9 Å². The normalized spacial score (nSPS) is 18.9. The zero-order valence-electron chi connectivity index (χ0n) is 15.0. The van der Waals surface area contributed by atoms with E-state index in [0.29, 0.717) is 12.8 Å². The van der Waals surface area contributed by atoms with Crippen molar-refractivity contribution in [3.8, 4) is 0 Å². The molecule has 2 aromatic rings. The highest BCUT2D eigenvalue weighted by molar-refractivity contribution is 7.17. The van der Waals surface area contributed by atoms with Crippen molar-refractivity contribution in [2.75, 3.05) is 6.54 Å². The average molecular weight is 386 g/mol. The quantitative estimate of drug-likeness (QED) is 0.629. The van der Waals surface area contributed by atoms with Crippen LogP contribution in [0.25, 0.3) is 10.1 Å². The summed E-state index contributed by atoms with van der Waals surface area (Å²) in [6.07, 6.45) is 4.35. The average Bonchev–Trinajstić information content (AvgIpc) is 3.19. The zero-order valence-corrected chi connectivity index (χ0v) is 15.8. The number of amides is 3. The van der Waals surface area contributed by atoms with Crippen molar-refractivity contribution >= 4 is 39.3 Å². The first-order valence-corrected chi connectivity index (χ1v) is 10.2. The monoisotopic (exact) mass is 386 g/mol. The van der Waals surface area contributed by atoms with Crippen LogP contribution < -0.4 is 5.32 Å². The molecule has 1 saturated heterocycles. The van der Waals surface area contributed by atoms with E-state index in [1.54, 1.807) is 11.3 Å². The summed E-state index contributed by atoms with van der Waals surface area (Å²) in [6, 6.07) is 7.58. The summed E-state index contributed by atoms with van der Waals surface area (Å²) < 4.78 is 6.51. The summed E-state index contributed by atoms with van der Waals surface area (Å²) in [4.78, 5) is 38.2. The molecule has 2 aliphatic rings. The first-order chi connectivity index (χ1) is 13.1. The second-order valence-corrected chi connectivity index (χ2v) is 8.11. The molecule has 1 aliphatic heterocycles. The predicted octanol–water partition coefficient (Wildman–Crippen LogP) is 3.59. The third kappa shape index (κ3) is 3.43. The second kappa shape index (κ2) is 7.31. The fourth-order valence-electron chi connectivity index (χ4n) is 3.95. The Bertz CT molecular complexity index is 885. The molecule has 1 saturated carbocycles. The molecule has 2 fully saturated rings. The van der Waals surface area contributed by atoms with E-state index >= 15 is 0 Å². The molecule has 1 aromatic heterocycles. The number of benzene rings is 1. The van der Waals surface area contributed by atoms with Crippen molar-refractivity contribution in [1.82, 2.24) is 10.2 Å². The van der Waals surface area contributed by atoms with Gasteiger partial charge in [0, 0.05) is 16.8 Å². The second-order valence-electron chi connectivity index (χ2n) is 7.20. The molecule has 4 rings (SSSR count). The lowest BCUT2D eigenvalue weighted by atomic mass is 9.82. The molecule has 0 radical (unpaired) electrons. The molecule has 1 aromatic carbocycles. The minimum atomic E-state index is -0.741. The Morgan fingerprint density at radius 1 is 1.19 bits per heavy atom. The number of esters is 1. The molecule has 1 spiro atoms. The first-order valence-electron chi connectivity index (χ1n) is 9.34. The summed E-state index contributed by atoms with van der Waals surface area (Å²) in [5.74, 6) is -0.598. The van der Waals surface area contributed by atoms with Crippen LogP contribution in [0.1, 0.15) is 44.1 Å². The van der Waals surface area contributed by atoms with Crippen LogP contribution in [0.3, 0.4) is 0 Å². The Labute approximate surface area is 161 Å². The number of hydrogen-bond acceptors (Lipinski definition) is 5. The molecule has 142 valence electrons. The maximum atomic E-state index is 12.7. The summed E-state index contributed by atoms with van der Waals surface area (Å²) in [5, 5.41) is 5.93. The number of fused-ring (bicyclic) bond motifs is 1. The van der Waals surface area contributed by atoms with Gasteiger partial charge in [0.2, 0.25) is 0 Å². The lowest BCUT2D eigenvalue weighted by Gasteiger charge is -2.30. The molecule has 0 unspecified atom stereocenters. The van der Waals surface area contributed by atoms with Gasteiger partial charge in [-0.1, -0.05) is 37.5 Å². The summed E-state index contributed by atoms with van der Waals surface area (Å²) in [7, 11) is 0. The van der Waals surface area contributed by atoms with Gasteiger partial charge in [0.25, 0.3) is 5.91 Å². The van der Waals surface area contributed by atoms with Crippen molar-refractivity contribution in [2.24, 2.45) is 0 Å².